The summed E-state index contributed by atoms with van der Waals surface area (Å²) in [6.45, 7) is 3.82. The van der Waals surface area contributed by atoms with Crippen LogP contribution in [0.15, 0.2) is 30.3 Å². The molecular formula is C17H26N2O. The number of nitrogens with zero attached hydrogens (tertiary/aromatic N) is 1. The summed E-state index contributed by atoms with van der Waals surface area (Å²) in [5, 5.41) is 3.67. The van der Waals surface area contributed by atoms with Gasteiger partial charge in [-0.05, 0) is 31.2 Å². The van der Waals surface area contributed by atoms with Crippen LogP contribution in [0.5, 0.6) is 0 Å². The van der Waals surface area contributed by atoms with Crippen molar-refractivity contribution in [2.45, 2.75) is 50.8 Å². The van der Waals surface area contributed by atoms with E-state index in [4.69, 9.17) is 4.74 Å². The Morgan fingerprint density at radius 3 is 2.75 bits per heavy atom. The topological polar surface area (TPSA) is 24.5 Å². The van der Waals surface area contributed by atoms with E-state index in [2.05, 4.69) is 34.5 Å². The fourth-order valence-corrected chi connectivity index (χ4v) is 2.91. The largest absolute Gasteiger partial charge is 0.361 e. The van der Waals surface area contributed by atoms with Crippen LogP contribution in [-0.4, -0.2) is 36.8 Å². The lowest BCUT2D eigenvalue weighted by Crippen LogP contribution is -2.46. The lowest BCUT2D eigenvalue weighted by molar-refractivity contribution is -0.0171. The van der Waals surface area contributed by atoms with Crippen molar-refractivity contribution in [2.24, 2.45) is 0 Å². The molecule has 20 heavy (non-hydrogen) atoms. The first kappa shape index (κ1) is 14.1. The predicted octanol–water partition coefficient (Wildman–Crippen LogP) is 2.77. The summed E-state index contributed by atoms with van der Waals surface area (Å²) in [6, 6.07) is 11.9. The number of nitrogens with one attached hydrogen (secondary N) is 1. The molecule has 1 saturated carbocycles. The van der Waals surface area contributed by atoms with Gasteiger partial charge in [0.05, 0.1) is 13.3 Å². The first-order chi connectivity index (χ1) is 9.92. The van der Waals surface area contributed by atoms with Crippen molar-refractivity contribution in [3.63, 3.8) is 0 Å². The molecule has 0 amide bonds. The van der Waals surface area contributed by atoms with Crippen LogP contribution in [0.4, 0.5) is 0 Å². The molecule has 1 saturated heterocycles. The molecule has 1 aliphatic carbocycles. The molecule has 0 spiro atoms. The molecule has 2 fully saturated rings. The fourth-order valence-electron chi connectivity index (χ4n) is 2.91. The zero-order valence-electron chi connectivity index (χ0n) is 12.3. The molecule has 110 valence electrons. The highest BCUT2D eigenvalue weighted by Gasteiger charge is 2.26. The summed E-state index contributed by atoms with van der Waals surface area (Å²) in [5.74, 6) is 0. The van der Waals surface area contributed by atoms with E-state index in [0.717, 1.165) is 25.9 Å². The Balaban J connectivity index is 1.41. The van der Waals surface area contributed by atoms with Crippen LogP contribution < -0.4 is 5.32 Å². The van der Waals surface area contributed by atoms with Crippen molar-refractivity contribution < 1.29 is 4.74 Å². The second-order valence-electron chi connectivity index (χ2n) is 6.11. The first-order valence-corrected chi connectivity index (χ1v) is 8.01. The molecule has 1 heterocycles. The summed E-state index contributed by atoms with van der Waals surface area (Å²) in [4.78, 5) is 2.52. The second-order valence-corrected chi connectivity index (χ2v) is 6.11. The number of likely N-dealkylation sites (tertiary alicyclic amines) is 1. The van der Waals surface area contributed by atoms with E-state index in [0.29, 0.717) is 6.04 Å². The monoisotopic (exact) mass is 274 g/mol. The number of rotatable bonds is 7. The molecule has 0 aromatic heterocycles. The Bertz CT molecular complexity index is 391. The van der Waals surface area contributed by atoms with Crippen LogP contribution in [-0.2, 0) is 11.3 Å². The van der Waals surface area contributed by atoms with E-state index in [1.807, 2.05) is 6.07 Å². The average molecular weight is 274 g/mol. The Kier molecular flexibility index (Phi) is 5.06. The third-order valence-corrected chi connectivity index (χ3v) is 4.34. The number of piperidine rings is 1. The fraction of sp³-hybridized carbons (Fsp3) is 0.647. The Morgan fingerprint density at radius 2 is 1.95 bits per heavy atom. The maximum atomic E-state index is 5.91. The van der Waals surface area contributed by atoms with Crippen molar-refractivity contribution in [3.05, 3.63) is 35.9 Å². The number of hydrogen-bond acceptors (Lipinski definition) is 3. The minimum Gasteiger partial charge on any atom is -0.361 e. The Hall–Kier alpha value is -0.900. The summed E-state index contributed by atoms with van der Waals surface area (Å²) in [7, 11) is 0. The van der Waals surface area contributed by atoms with Crippen LogP contribution >= 0.6 is 0 Å². The zero-order chi connectivity index (χ0) is 13.6. The van der Waals surface area contributed by atoms with E-state index in [-0.39, 0.29) is 0 Å². The van der Waals surface area contributed by atoms with Gasteiger partial charge in [-0.1, -0.05) is 36.8 Å². The lowest BCUT2D eigenvalue weighted by atomic mass is 10.0. The Labute approximate surface area is 122 Å². The molecule has 0 bridgehead atoms. The summed E-state index contributed by atoms with van der Waals surface area (Å²) >= 11 is 0. The van der Waals surface area contributed by atoms with E-state index < -0.39 is 0 Å². The third-order valence-electron chi connectivity index (χ3n) is 4.34. The van der Waals surface area contributed by atoms with Crippen molar-refractivity contribution in [3.8, 4) is 0 Å². The van der Waals surface area contributed by atoms with E-state index in [1.165, 1.54) is 44.2 Å². The smallest absolute Gasteiger partial charge is 0.0997 e. The van der Waals surface area contributed by atoms with Crippen molar-refractivity contribution >= 4 is 0 Å². The molecule has 1 unspecified atom stereocenters. The van der Waals surface area contributed by atoms with Gasteiger partial charge in [-0.3, -0.25) is 4.90 Å². The highest BCUT2D eigenvalue weighted by Crippen LogP contribution is 2.21. The maximum absolute atomic E-state index is 5.91. The van der Waals surface area contributed by atoms with Crippen LogP contribution in [0.3, 0.4) is 0 Å². The molecule has 3 rings (SSSR count). The molecule has 1 N–H and O–H groups in total. The summed E-state index contributed by atoms with van der Waals surface area (Å²) in [6.07, 6.45) is 6.74. The third kappa shape index (κ3) is 4.30. The van der Waals surface area contributed by atoms with Crippen LogP contribution in [0.25, 0.3) is 0 Å². The summed E-state index contributed by atoms with van der Waals surface area (Å²) < 4.78 is 5.91. The van der Waals surface area contributed by atoms with Gasteiger partial charge in [0.15, 0.2) is 0 Å². The predicted molar refractivity (Wildman–Crippen MR) is 81.5 cm³/mol. The SMILES string of the molecule is c1ccc(COCN2CCCCC2CNC2CC2)cc1. The minimum atomic E-state index is 0.667. The van der Waals surface area contributed by atoms with Crippen LogP contribution in [0.2, 0.25) is 0 Å². The Morgan fingerprint density at radius 1 is 1.10 bits per heavy atom. The minimum absolute atomic E-state index is 0.667. The van der Waals surface area contributed by atoms with Gasteiger partial charge >= 0.3 is 0 Å². The van der Waals surface area contributed by atoms with E-state index in [1.54, 1.807) is 0 Å². The van der Waals surface area contributed by atoms with E-state index >= 15 is 0 Å². The van der Waals surface area contributed by atoms with Gasteiger partial charge in [0.25, 0.3) is 0 Å². The van der Waals surface area contributed by atoms with Gasteiger partial charge in [-0.25, -0.2) is 0 Å². The van der Waals surface area contributed by atoms with Gasteiger partial charge in [-0.15, -0.1) is 0 Å². The van der Waals surface area contributed by atoms with Gasteiger partial charge in [0.2, 0.25) is 0 Å². The normalized spacial score (nSPS) is 23.9. The molecule has 1 aliphatic heterocycles. The molecule has 0 radical (unpaired) electrons. The quantitative estimate of drug-likeness (QED) is 0.827. The van der Waals surface area contributed by atoms with Crippen molar-refractivity contribution in [1.29, 1.82) is 0 Å². The molecule has 3 nitrogen and oxygen atoms in total. The van der Waals surface area contributed by atoms with Crippen LogP contribution in [0, 0.1) is 0 Å². The highest BCUT2D eigenvalue weighted by atomic mass is 16.5. The van der Waals surface area contributed by atoms with E-state index in [9.17, 15) is 0 Å². The second kappa shape index (κ2) is 7.21. The molecule has 1 atom stereocenters. The van der Waals surface area contributed by atoms with Crippen molar-refractivity contribution in [1.82, 2.24) is 10.2 Å². The average Bonchev–Trinajstić information content (AvgIpc) is 3.32. The molecule has 2 aliphatic rings. The molecule has 1 aromatic rings. The number of hydrogen-bond donors (Lipinski definition) is 1. The molecule has 1 aromatic carbocycles. The standard InChI is InChI=1S/C17H26N2O/c1-2-6-15(7-3-1)13-20-14-19-11-5-4-8-17(19)12-18-16-9-10-16/h1-3,6-7,16-18H,4-5,8-14H2. The number of benzene rings is 1. The number of ether oxygens (including phenoxy) is 1. The van der Waals surface area contributed by atoms with Gasteiger partial charge in [-0.2, -0.15) is 0 Å². The maximum Gasteiger partial charge on any atom is 0.0997 e. The van der Waals surface area contributed by atoms with Gasteiger partial charge < -0.3 is 10.1 Å². The van der Waals surface area contributed by atoms with Gasteiger partial charge in [0, 0.05) is 25.2 Å². The van der Waals surface area contributed by atoms with Crippen molar-refractivity contribution in [2.75, 3.05) is 19.8 Å². The highest BCUT2D eigenvalue weighted by molar-refractivity contribution is 5.13. The zero-order valence-corrected chi connectivity index (χ0v) is 12.3. The molecule has 3 heteroatoms. The van der Waals surface area contributed by atoms with Crippen LogP contribution in [0.1, 0.15) is 37.7 Å². The summed E-state index contributed by atoms with van der Waals surface area (Å²) in [5.41, 5.74) is 1.26. The van der Waals surface area contributed by atoms with Gasteiger partial charge in [0.1, 0.15) is 0 Å². The lowest BCUT2D eigenvalue weighted by Gasteiger charge is -2.35. The first-order valence-electron chi connectivity index (χ1n) is 8.01. The molecular weight excluding hydrogens is 248 g/mol.